The van der Waals surface area contributed by atoms with Gasteiger partial charge < -0.3 is 0 Å². The SMILES string of the molecule is N=C1C(CCl)=C[CH+]C=C1CCl. The Morgan fingerprint density at radius 1 is 1.18 bits per heavy atom. The van der Waals surface area contributed by atoms with E-state index >= 15 is 0 Å². The van der Waals surface area contributed by atoms with Crippen LogP contribution in [0.4, 0.5) is 0 Å². The second-order valence-electron chi connectivity index (χ2n) is 2.22. The maximum absolute atomic E-state index is 7.58. The van der Waals surface area contributed by atoms with Crippen molar-refractivity contribution < 1.29 is 0 Å². The first-order valence-electron chi connectivity index (χ1n) is 3.24. The molecule has 0 aromatic rings. The molecule has 0 heterocycles. The number of halogens is 2. The summed E-state index contributed by atoms with van der Waals surface area (Å²) >= 11 is 11.2. The van der Waals surface area contributed by atoms with Crippen molar-refractivity contribution in [2.45, 2.75) is 0 Å². The summed E-state index contributed by atoms with van der Waals surface area (Å²) in [7, 11) is 0. The minimum absolute atomic E-state index is 0.379. The Morgan fingerprint density at radius 2 is 1.64 bits per heavy atom. The van der Waals surface area contributed by atoms with Gasteiger partial charge in [-0.3, -0.25) is 5.41 Å². The van der Waals surface area contributed by atoms with E-state index in [2.05, 4.69) is 0 Å². The lowest BCUT2D eigenvalue weighted by Gasteiger charge is -2.02. The van der Waals surface area contributed by atoms with E-state index in [-0.39, 0.29) is 0 Å². The van der Waals surface area contributed by atoms with E-state index in [1.807, 2.05) is 18.6 Å². The van der Waals surface area contributed by atoms with Crippen LogP contribution in [0.1, 0.15) is 0 Å². The van der Waals surface area contributed by atoms with Crippen LogP contribution in [0.25, 0.3) is 0 Å². The maximum Gasteiger partial charge on any atom is 0.174 e. The molecule has 0 fully saturated rings. The van der Waals surface area contributed by atoms with E-state index in [4.69, 9.17) is 28.6 Å². The van der Waals surface area contributed by atoms with Crippen LogP contribution >= 0.6 is 23.2 Å². The van der Waals surface area contributed by atoms with Gasteiger partial charge in [0, 0.05) is 6.42 Å². The molecule has 0 unspecified atom stereocenters. The molecule has 0 aliphatic heterocycles. The second-order valence-corrected chi connectivity index (χ2v) is 2.75. The largest absolute Gasteiger partial charge is 0.275 e. The van der Waals surface area contributed by atoms with Crippen LogP contribution in [0.5, 0.6) is 0 Å². The molecule has 0 spiro atoms. The molecule has 0 aromatic heterocycles. The van der Waals surface area contributed by atoms with Crippen LogP contribution in [0, 0.1) is 11.8 Å². The quantitative estimate of drug-likeness (QED) is 0.509. The Morgan fingerprint density at radius 3 is 2.00 bits per heavy atom. The fourth-order valence-corrected chi connectivity index (χ4v) is 1.32. The highest BCUT2D eigenvalue weighted by atomic mass is 35.5. The van der Waals surface area contributed by atoms with Crippen molar-refractivity contribution in [1.29, 1.82) is 5.41 Å². The van der Waals surface area contributed by atoms with Gasteiger partial charge in [-0.1, -0.05) is 0 Å². The van der Waals surface area contributed by atoms with Crippen molar-refractivity contribution in [2.24, 2.45) is 0 Å². The highest BCUT2D eigenvalue weighted by Crippen LogP contribution is 2.16. The van der Waals surface area contributed by atoms with Crippen molar-refractivity contribution in [1.82, 2.24) is 0 Å². The summed E-state index contributed by atoms with van der Waals surface area (Å²) in [6.07, 6.45) is 5.55. The Balaban J connectivity index is 2.77. The fourth-order valence-electron chi connectivity index (χ4n) is 0.876. The monoisotopic (exact) mass is 188 g/mol. The minimum Gasteiger partial charge on any atom is -0.275 e. The molecular formula is C8H8Cl2N+. The highest BCUT2D eigenvalue weighted by Gasteiger charge is 2.21. The van der Waals surface area contributed by atoms with Gasteiger partial charge in [-0.05, 0) is 0 Å². The van der Waals surface area contributed by atoms with E-state index in [9.17, 15) is 0 Å². The smallest absolute Gasteiger partial charge is 0.174 e. The molecule has 0 atom stereocenters. The molecule has 0 bridgehead atoms. The summed E-state index contributed by atoms with van der Waals surface area (Å²) in [5.74, 6) is 0.757. The first kappa shape index (κ1) is 8.69. The summed E-state index contributed by atoms with van der Waals surface area (Å²) in [6.45, 7) is 0. The van der Waals surface area contributed by atoms with E-state index in [1.54, 1.807) is 0 Å². The predicted molar refractivity (Wildman–Crippen MR) is 49.6 cm³/mol. The Kier molecular flexibility index (Phi) is 3.03. The maximum atomic E-state index is 7.58. The third-order valence-electron chi connectivity index (χ3n) is 1.52. The molecule has 0 amide bonds. The molecule has 11 heavy (non-hydrogen) atoms. The van der Waals surface area contributed by atoms with Gasteiger partial charge in [0.05, 0.1) is 35.1 Å². The lowest BCUT2D eigenvalue weighted by Crippen LogP contribution is -2.11. The average molecular weight is 189 g/mol. The van der Waals surface area contributed by atoms with Gasteiger partial charge >= 0.3 is 0 Å². The van der Waals surface area contributed by atoms with Gasteiger partial charge in [0.25, 0.3) is 0 Å². The molecular weight excluding hydrogens is 181 g/mol. The van der Waals surface area contributed by atoms with Crippen molar-refractivity contribution in [3.63, 3.8) is 0 Å². The van der Waals surface area contributed by atoms with Gasteiger partial charge in [0.1, 0.15) is 0 Å². The van der Waals surface area contributed by atoms with E-state index in [0.717, 1.165) is 11.1 Å². The number of rotatable bonds is 2. The fraction of sp³-hybridized carbons (Fsp3) is 0.250. The number of alkyl halides is 2. The standard InChI is InChI=1S/C8H8Cl2N/c9-4-6-2-1-3-7(5-10)8(6)11/h1-3,11H,4-5H2/q+1. The number of hydrogen-bond acceptors (Lipinski definition) is 1. The molecule has 0 aromatic carbocycles. The summed E-state index contributed by atoms with van der Waals surface area (Å²) in [6, 6.07) is 0. The zero-order valence-electron chi connectivity index (χ0n) is 5.90. The molecule has 1 nitrogen and oxygen atoms in total. The zero-order valence-corrected chi connectivity index (χ0v) is 7.41. The van der Waals surface area contributed by atoms with Crippen molar-refractivity contribution in [3.05, 3.63) is 29.7 Å². The third kappa shape index (κ3) is 1.79. The third-order valence-corrected chi connectivity index (χ3v) is 2.10. The second kappa shape index (κ2) is 3.84. The number of allylic oxidation sites excluding steroid dienone is 4. The summed E-state index contributed by atoms with van der Waals surface area (Å²) in [5, 5.41) is 7.58. The number of nitrogens with one attached hydrogen (secondary N) is 1. The molecule has 1 aliphatic rings. The van der Waals surface area contributed by atoms with Crippen LogP contribution in [-0.4, -0.2) is 17.5 Å². The van der Waals surface area contributed by atoms with Crippen molar-refractivity contribution in [3.8, 4) is 0 Å². The van der Waals surface area contributed by atoms with E-state index < -0.39 is 0 Å². The summed E-state index contributed by atoms with van der Waals surface area (Å²) in [5.41, 5.74) is 2.15. The molecule has 1 rings (SSSR count). The van der Waals surface area contributed by atoms with Crippen LogP contribution in [-0.2, 0) is 0 Å². The highest BCUT2D eigenvalue weighted by molar-refractivity contribution is 6.29. The van der Waals surface area contributed by atoms with Gasteiger partial charge in [-0.15, -0.1) is 23.2 Å². The minimum atomic E-state index is 0.379. The molecule has 1 aliphatic carbocycles. The lowest BCUT2D eigenvalue weighted by atomic mass is 9.98. The van der Waals surface area contributed by atoms with Crippen molar-refractivity contribution >= 4 is 28.9 Å². The first-order valence-corrected chi connectivity index (χ1v) is 4.30. The average Bonchev–Trinajstić information content (AvgIpc) is 2.05. The van der Waals surface area contributed by atoms with Gasteiger partial charge in [-0.2, -0.15) is 0 Å². The normalized spacial score (nSPS) is 17.1. The molecule has 58 valence electrons. The predicted octanol–water partition coefficient (Wildman–Crippen LogP) is 2.55. The summed E-state index contributed by atoms with van der Waals surface area (Å²) in [4.78, 5) is 0. The van der Waals surface area contributed by atoms with E-state index in [1.165, 1.54) is 0 Å². The molecule has 0 saturated carbocycles. The topological polar surface area (TPSA) is 23.9 Å². The van der Waals surface area contributed by atoms with Crippen LogP contribution in [0.2, 0.25) is 0 Å². The summed E-state index contributed by atoms with van der Waals surface area (Å²) < 4.78 is 0. The van der Waals surface area contributed by atoms with Crippen LogP contribution in [0.15, 0.2) is 23.3 Å². The van der Waals surface area contributed by atoms with Crippen LogP contribution < -0.4 is 0 Å². The molecule has 3 heteroatoms. The van der Waals surface area contributed by atoms with Gasteiger partial charge in [0.15, 0.2) is 5.71 Å². The van der Waals surface area contributed by atoms with Gasteiger partial charge in [-0.25, -0.2) is 0 Å². The number of hydrogen-bond donors (Lipinski definition) is 1. The van der Waals surface area contributed by atoms with Crippen LogP contribution in [0.3, 0.4) is 0 Å². The lowest BCUT2D eigenvalue weighted by molar-refractivity contribution is 1.36. The molecule has 0 saturated heterocycles. The van der Waals surface area contributed by atoms with Crippen molar-refractivity contribution in [2.75, 3.05) is 11.8 Å². The Bertz CT molecular complexity index is 206. The van der Waals surface area contributed by atoms with Gasteiger partial charge in [0.2, 0.25) is 0 Å². The Labute approximate surface area is 76.2 Å². The molecule has 0 radical (unpaired) electrons. The van der Waals surface area contributed by atoms with E-state index in [0.29, 0.717) is 17.5 Å². The first-order chi connectivity index (χ1) is 5.29. The molecule has 1 N–H and O–H groups in total. The Hall–Kier alpha value is -0.400. The zero-order chi connectivity index (χ0) is 8.27.